The molecule has 0 fully saturated rings. The normalized spacial score (nSPS) is 12.2. The predicted octanol–water partition coefficient (Wildman–Crippen LogP) is 3.50. The smallest absolute Gasteiger partial charge is 0.226 e. The fourth-order valence-electron chi connectivity index (χ4n) is 2.71. The van der Waals surface area contributed by atoms with E-state index in [2.05, 4.69) is 15.4 Å². The molecule has 1 unspecified atom stereocenters. The van der Waals surface area contributed by atoms with Gasteiger partial charge in [0.15, 0.2) is 0 Å². The van der Waals surface area contributed by atoms with Crippen LogP contribution in [-0.4, -0.2) is 20.7 Å². The van der Waals surface area contributed by atoms with E-state index in [1.165, 1.54) is 23.5 Å². The Hall–Kier alpha value is -2.54. The molecule has 3 aromatic rings. The molecule has 2 aromatic heterocycles. The number of aryl methyl sites for hydroxylation is 1. The summed E-state index contributed by atoms with van der Waals surface area (Å²) in [5.74, 6) is -0.363. The summed E-state index contributed by atoms with van der Waals surface area (Å²) >= 11 is 1.53. The summed E-state index contributed by atoms with van der Waals surface area (Å²) in [5, 5.41) is 10.2. The van der Waals surface area contributed by atoms with E-state index in [0.717, 1.165) is 27.6 Å². The maximum Gasteiger partial charge on any atom is 0.226 e. The molecule has 3 rings (SSSR count). The molecule has 0 spiro atoms. The molecule has 130 valence electrons. The highest BCUT2D eigenvalue weighted by Gasteiger charge is 2.17. The van der Waals surface area contributed by atoms with Crippen molar-refractivity contribution in [3.8, 4) is 5.69 Å². The minimum Gasteiger partial charge on any atom is -0.349 e. The van der Waals surface area contributed by atoms with Gasteiger partial charge < -0.3 is 5.32 Å². The summed E-state index contributed by atoms with van der Waals surface area (Å²) in [6.45, 7) is 5.77. The summed E-state index contributed by atoms with van der Waals surface area (Å²) in [5.41, 5.74) is 3.39. The first kappa shape index (κ1) is 17.3. The van der Waals surface area contributed by atoms with Gasteiger partial charge in [-0.3, -0.25) is 4.79 Å². The molecule has 1 amide bonds. The molecule has 0 aliphatic rings. The Balaban J connectivity index is 1.71. The average Bonchev–Trinajstić information content (AvgIpc) is 3.14. The summed E-state index contributed by atoms with van der Waals surface area (Å²) in [6.07, 6.45) is 2.00. The van der Waals surface area contributed by atoms with Crippen LogP contribution in [0.25, 0.3) is 5.69 Å². The highest BCUT2D eigenvalue weighted by atomic mass is 32.1. The minimum absolute atomic E-state index is 0.0771. The van der Waals surface area contributed by atoms with Crippen LogP contribution in [0.15, 0.2) is 35.8 Å². The van der Waals surface area contributed by atoms with E-state index in [-0.39, 0.29) is 24.2 Å². The van der Waals surface area contributed by atoms with Crippen molar-refractivity contribution in [2.75, 3.05) is 0 Å². The van der Waals surface area contributed by atoms with Crippen molar-refractivity contribution in [3.05, 3.63) is 63.6 Å². The van der Waals surface area contributed by atoms with Crippen LogP contribution in [0, 0.1) is 19.7 Å². The molecule has 0 bridgehead atoms. The number of thiazole rings is 1. The van der Waals surface area contributed by atoms with Gasteiger partial charge in [0.25, 0.3) is 0 Å². The summed E-state index contributed by atoms with van der Waals surface area (Å²) in [7, 11) is 0. The number of aromatic nitrogens is 3. The van der Waals surface area contributed by atoms with E-state index in [1.807, 2.05) is 26.2 Å². The zero-order chi connectivity index (χ0) is 18.0. The Morgan fingerprint density at radius 3 is 2.68 bits per heavy atom. The first-order valence-corrected chi connectivity index (χ1v) is 8.83. The maximum absolute atomic E-state index is 13.1. The molecule has 1 atom stereocenters. The van der Waals surface area contributed by atoms with Gasteiger partial charge in [-0.05, 0) is 45.0 Å². The molecule has 0 aliphatic heterocycles. The molecule has 7 heteroatoms. The van der Waals surface area contributed by atoms with E-state index < -0.39 is 0 Å². The molecule has 5 nitrogen and oxygen atoms in total. The fraction of sp³-hybridized carbons (Fsp3) is 0.278. The maximum atomic E-state index is 13.1. The van der Waals surface area contributed by atoms with Crippen LogP contribution >= 0.6 is 11.3 Å². The van der Waals surface area contributed by atoms with E-state index in [4.69, 9.17) is 0 Å². The highest BCUT2D eigenvalue weighted by Crippen LogP contribution is 2.20. The van der Waals surface area contributed by atoms with Crippen molar-refractivity contribution in [2.24, 2.45) is 0 Å². The van der Waals surface area contributed by atoms with Gasteiger partial charge in [-0.1, -0.05) is 0 Å². The van der Waals surface area contributed by atoms with Crippen LogP contribution in [0.2, 0.25) is 0 Å². The number of amides is 1. The first-order chi connectivity index (χ1) is 11.9. The zero-order valence-electron chi connectivity index (χ0n) is 14.3. The molecular formula is C18H19FN4OS. The third-order valence-electron chi connectivity index (χ3n) is 3.97. The number of rotatable bonds is 5. The van der Waals surface area contributed by atoms with Crippen LogP contribution in [0.1, 0.15) is 34.9 Å². The number of nitrogens with one attached hydrogen (secondary N) is 1. The predicted molar refractivity (Wildman–Crippen MR) is 95.4 cm³/mol. The second-order valence-electron chi connectivity index (χ2n) is 5.90. The largest absolute Gasteiger partial charge is 0.349 e. The quantitative estimate of drug-likeness (QED) is 0.759. The molecule has 0 radical (unpaired) electrons. The number of nitrogens with zero attached hydrogens (tertiary/aromatic N) is 3. The second kappa shape index (κ2) is 7.14. The van der Waals surface area contributed by atoms with Crippen LogP contribution in [0.3, 0.4) is 0 Å². The topological polar surface area (TPSA) is 59.8 Å². The minimum atomic E-state index is -0.285. The molecule has 25 heavy (non-hydrogen) atoms. The lowest BCUT2D eigenvalue weighted by Crippen LogP contribution is -2.28. The van der Waals surface area contributed by atoms with Crippen molar-refractivity contribution in [1.82, 2.24) is 20.1 Å². The van der Waals surface area contributed by atoms with Crippen molar-refractivity contribution in [3.63, 3.8) is 0 Å². The fourth-order valence-corrected chi connectivity index (χ4v) is 3.33. The van der Waals surface area contributed by atoms with Crippen molar-refractivity contribution in [2.45, 2.75) is 33.2 Å². The molecule has 1 aromatic carbocycles. The van der Waals surface area contributed by atoms with E-state index in [0.29, 0.717) is 0 Å². The van der Waals surface area contributed by atoms with Gasteiger partial charge in [-0.2, -0.15) is 5.10 Å². The lowest BCUT2D eigenvalue weighted by atomic mass is 10.1. The number of hydrogen-bond acceptors (Lipinski definition) is 4. The average molecular weight is 358 g/mol. The van der Waals surface area contributed by atoms with Gasteiger partial charge in [-0.15, -0.1) is 11.3 Å². The molecule has 0 saturated carbocycles. The summed E-state index contributed by atoms with van der Waals surface area (Å²) in [6, 6.07) is 5.97. The second-order valence-corrected chi connectivity index (χ2v) is 6.96. The van der Waals surface area contributed by atoms with Crippen LogP contribution in [-0.2, 0) is 11.2 Å². The number of hydrogen-bond donors (Lipinski definition) is 1. The monoisotopic (exact) mass is 358 g/mol. The number of carbonyl (C=O) groups excluding carboxylic acids is 1. The number of benzene rings is 1. The van der Waals surface area contributed by atoms with Gasteiger partial charge in [0, 0.05) is 16.6 Å². The third-order valence-corrected chi connectivity index (χ3v) is 4.79. The number of halogens is 1. The molecule has 0 saturated heterocycles. The Morgan fingerprint density at radius 1 is 1.32 bits per heavy atom. The Bertz CT molecular complexity index is 885. The van der Waals surface area contributed by atoms with Crippen molar-refractivity contribution in [1.29, 1.82) is 0 Å². The van der Waals surface area contributed by atoms with Gasteiger partial charge in [0.05, 0.1) is 35.0 Å². The van der Waals surface area contributed by atoms with Gasteiger partial charge in [0.1, 0.15) is 5.82 Å². The standard InChI is InChI=1S/C18H19FN4OS/c1-11(21-18(24)8-15-10-25-13(3)22-15)17-9-20-23(12(17)2)16-6-4-14(19)5-7-16/h4-7,9-11H,8H2,1-3H3,(H,21,24). The van der Waals surface area contributed by atoms with E-state index >= 15 is 0 Å². The zero-order valence-corrected chi connectivity index (χ0v) is 15.1. The van der Waals surface area contributed by atoms with Gasteiger partial charge >= 0.3 is 0 Å². The van der Waals surface area contributed by atoms with Crippen molar-refractivity contribution >= 4 is 17.2 Å². The van der Waals surface area contributed by atoms with E-state index in [9.17, 15) is 9.18 Å². The Morgan fingerprint density at radius 2 is 2.04 bits per heavy atom. The SMILES string of the molecule is Cc1nc(CC(=O)NC(C)c2cnn(-c3ccc(F)cc3)c2C)cs1. The summed E-state index contributed by atoms with van der Waals surface area (Å²) < 4.78 is 14.8. The van der Waals surface area contributed by atoms with E-state index in [1.54, 1.807) is 23.0 Å². The molecule has 1 N–H and O–H groups in total. The number of carbonyl (C=O) groups is 1. The van der Waals surface area contributed by atoms with Gasteiger partial charge in [-0.25, -0.2) is 14.1 Å². The van der Waals surface area contributed by atoms with Crippen molar-refractivity contribution < 1.29 is 9.18 Å². The third kappa shape index (κ3) is 3.93. The summed E-state index contributed by atoms with van der Waals surface area (Å²) in [4.78, 5) is 16.5. The molecule has 2 heterocycles. The molecule has 0 aliphatic carbocycles. The lowest BCUT2D eigenvalue weighted by molar-refractivity contribution is -0.121. The lowest BCUT2D eigenvalue weighted by Gasteiger charge is -2.14. The van der Waals surface area contributed by atoms with Crippen LogP contribution < -0.4 is 5.32 Å². The Labute approximate surface area is 149 Å². The molecular weight excluding hydrogens is 339 g/mol. The Kier molecular flexibility index (Phi) is 4.94. The first-order valence-electron chi connectivity index (χ1n) is 7.95. The van der Waals surface area contributed by atoms with Gasteiger partial charge in [0.2, 0.25) is 5.91 Å². The van der Waals surface area contributed by atoms with Crippen LogP contribution in [0.4, 0.5) is 4.39 Å². The van der Waals surface area contributed by atoms with Crippen LogP contribution in [0.5, 0.6) is 0 Å². The highest BCUT2D eigenvalue weighted by molar-refractivity contribution is 7.09.